The van der Waals surface area contributed by atoms with E-state index in [9.17, 15) is 9.59 Å². The van der Waals surface area contributed by atoms with Gasteiger partial charge >= 0.3 is 0 Å². The molecule has 2 rings (SSSR count). The minimum Gasteiger partial charge on any atom is -0.344 e. The van der Waals surface area contributed by atoms with Gasteiger partial charge in [0.25, 0.3) is 5.56 Å². The summed E-state index contributed by atoms with van der Waals surface area (Å²) in [6.45, 7) is 7.06. The number of nitrogens with zero attached hydrogens (tertiary/aromatic N) is 3. The number of aromatic amines is 1. The zero-order valence-electron chi connectivity index (χ0n) is 13.1. The Morgan fingerprint density at radius 1 is 1.36 bits per heavy atom. The molecule has 0 aromatic carbocycles. The maximum atomic E-state index is 12.1. The lowest BCUT2D eigenvalue weighted by Crippen LogP contribution is -2.31. The molecule has 0 saturated heterocycles. The van der Waals surface area contributed by atoms with Gasteiger partial charge in [0.15, 0.2) is 5.82 Å². The Kier molecular flexibility index (Phi) is 4.69. The molecule has 0 aliphatic heterocycles. The quantitative estimate of drug-likeness (QED) is 0.842. The molecular formula is C14H19N5O3. The normalized spacial score (nSPS) is 12.2. The SMILES string of the molecule is CCc1noc(C(C)NC(=O)Cc2c(C)nc(C)[nH]c2=O)n1. The summed E-state index contributed by atoms with van der Waals surface area (Å²) in [6, 6.07) is -0.418. The molecule has 0 radical (unpaired) electrons. The van der Waals surface area contributed by atoms with Crippen LogP contribution in [0.2, 0.25) is 0 Å². The zero-order valence-corrected chi connectivity index (χ0v) is 13.1. The Hall–Kier alpha value is -2.51. The summed E-state index contributed by atoms with van der Waals surface area (Å²) in [4.78, 5) is 34.9. The smallest absolute Gasteiger partial charge is 0.254 e. The van der Waals surface area contributed by atoms with E-state index in [1.54, 1.807) is 20.8 Å². The van der Waals surface area contributed by atoms with Crippen molar-refractivity contribution in [1.29, 1.82) is 0 Å². The van der Waals surface area contributed by atoms with Crippen LogP contribution in [0.4, 0.5) is 0 Å². The molecule has 1 unspecified atom stereocenters. The highest BCUT2D eigenvalue weighted by atomic mass is 16.5. The van der Waals surface area contributed by atoms with E-state index in [4.69, 9.17) is 4.52 Å². The predicted molar refractivity (Wildman–Crippen MR) is 78.3 cm³/mol. The van der Waals surface area contributed by atoms with E-state index >= 15 is 0 Å². The van der Waals surface area contributed by atoms with Gasteiger partial charge in [-0.25, -0.2) is 4.98 Å². The molecule has 1 amide bonds. The number of hydrogen-bond donors (Lipinski definition) is 2. The summed E-state index contributed by atoms with van der Waals surface area (Å²) < 4.78 is 5.08. The monoisotopic (exact) mass is 305 g/mol. The summed E-state index contributed by atoms with van der Waals surface area (Å²) >= 11 is 0. The maximum Gasteiger partial charge on any atom is 0.254 e. The van der Waals surface area contributed by atoms with Crippen LogP contribution in [0, 0.1) is 13.8 Å². The fourth-order valence-corrected chi connectivity index (χ4v) is 2.06. The first-order chi connectivity index (χ1) is 10.4. The minimum absolute atomic E-state index is 0.0481. The van der Waals surface area contributed by atoms with Gasteiger partial charge in [-0.05, 0) is 20.8 Å². The third-order valence-corrected chi connectivity index (χ3v) is 3.23. The lowest BCUT2D eigenvalue weighted by molar-refractivity contribution is -0.121. The molecule has 0 aliphatic rings. The molecule has 0 aliphatic carbocycles. The van der Waals surface area contributed by atoms with E-state index in [2.05, 4.69) is 25.4 Å². The molecule has 2 N–H and O–H groups in total. The standard InChI is InChI=1S/C14H19N5O3/c1-5-11-18-14(22-19-11)8(3)16-12(20)6-10-7(2)15-9(4)17-13(10)21/h8H,5-6H2,1-4H3,(H,16,20)(H,15,17,21). The number of amides is 1. The second-order valence-corrected chi connectivity index (χ2v) is 5.08. The van der Waals surface area contributed by atoms with Crippen LogP contribution < -0.4 is 10.9 Å². The molecule has 0 saturated carbocycles. The molecule has 1 atom stereocenters. The average molecular weight is 305 g/mol. The molecule has 0 spiro atoms. The second-order valence-electron chi connectivity index (χ2n) is 5.08. The van der Waals surface area contributed by atoms with Crippen LogP contribution in [0.3, 0.4) is 0 Å². The maximum absolute atomic E-state index is 12.1. The lowest BCUT2D eigenvalue weighted by Gasteiger charge is -2.10. The molecule has 0 bridgehead atoms. The average Bonchev–Trinajstić information content (AvgIpc) is 2.91. The Morgan fingerprint density at radius 2 is 2.09 bits per heavy atom. The van der Waals surface area contributed by atoms with Gasteiger partial charge < -0.3 is 14.8 Å². The van der Waals surface area contributed by atoms with E-state index in [1.807, 2.05) is 6.92 Å². The Labute approximate surface area is 127 Å². The molecule has 2 heterocycles. The zero-order chi connectivity index (χ0) is 16.3. The van der Waals surface area contributed by atoms with Gasteiger partial charge in [0.1, 0.15) is 11.9 Å². The molecule has 2 aromatic rings. The van der Waals surface area contributed by atoms with Crippen molar-refractivity contribution >= 4 is 5.91 Å². The minimum atomic E-state index is -0.418. The highest BCUT2D eigenvalue weighted by Gasteiger charge is 2.18. The summed E-state index contributed by atoms with van der Waals surface area (Å²) in [5, 5.41) is 6.52. The van der Waals surface area contributed by atoms with Crippen molar-refractivity contribution in [1.82, 2.24) is 25.4 Å². The molecule has 0 fully saturated rings. The topological polar surface area (TPSA) is 114 Å². The van der Waals surface area contributed by atoms with Crippen molar-refractivity contribution < 1.29 is 9.32 Å². The summed E-state index contributed by atoms with van der Waals surface area (Å²) in [5.41, 5.74) is 0.615. The van der Waals surface area contributed by atoms with Crippen molar-refractivity contribution in [2.24, 2.45) is 0 Å². The molecule has 22 heavy (non-hydrogen) atoms. The highest BCUT2D eigenvalue weighted by Crippen LogP contribution is 2.10. The van der Waals surface area contributed by atoms with E-state index in [0.717, 1.165) is 0 Å². The lowest BCUT2D eigenvalue weighted by atomic mass is 10.1. The van der Waals surface area contributed by atoms with Crippen molar-refractivity contribution in [2.75, 3.05) is 0 Å². The summed E-state index contributed by atoms with van der Waals surface area (Å²) in [5.74, 6) is 1.16. The Balaban J connectivity index is 2.05. The van der Waals surface area contributed by atoms with Gasteiger partial charge in [-0.1, -0.05) is 12.1 Å². The predicted octanol–water partition coefficient (Wildman–Crippen LogP) is 0.752. The van der Waals surface area contributed by atoms with Crippen LogP contribution in [0.5, 0.6) is 0 Å². The van der Waals surface area contributed by atoms with Crippen LogP contribution in [-0.4, -0.2) is 26.0 Å². The van der Waals surface area contributed by atoms with Crippen LogP contribution in [0.25, 0.3) is 0 Å². The van der Waals surface area contributed by atoms with Gasteiger partial charge in [-0.15, -0.1) is 0 Å². The number of carbonyl (C=O) groups is 1. The Bertz CT molecular complexity index is 734. The van der Waals surface area contributed by atoms with Gasteiger partial charge in [0.2, 0.25) is 11.8 Å². The number of H-pyrrole nitrogens is 1. The van der Waals surface area contributed by atoms with E-state index < -0.39 is 6.04 Å². The number of nitrogens with one attached hydrogen (secondary N) is 2. The third-order valence-electron chi connectivity index (χ3n) is 3.23. The van der Waals surface area contributed by atoms with Crippen molar-refractivity contribution in [3.63, 3.8) is 0 Å². The molecule has 8 nitrogen and oxygen atoms in total. The Morgan fingerprint density at radius 3 is 2.68 bits per heavy atom. The van der Waals surface area contributed by atoms with Gasteiger partial charge in [-0.2, -0.15) is 4.98 Å². The van der Waals surface area contributed by atoms with Gasteiger partial charge in [-0.3, -0.25) is 9.59 Å². The summed E-state index contributed by atoms with van der Waals surface area (Å²) in [6.07, 6.45) is 0.612. The third kappa shape index (κ3) is 3.57. The van der Waals surface area contributed by atoms with Gasteiger partial charge in [0.05, 0.1) is 6.42 Å². The number of aromatic nitrogens is 4. The fraction of sp³-hybridized carbons (Fsp3) is 0.500. The molecular weight excluding hydrogens is 286 g/mol. The van der Waals surface area contributed by atoms with Crippen LogP contribution in [-0.2, 0) is 17.6 Å². The first kappa shape index (κ1) is 15.9. The largest absolute Gasteiger partial charge is 0.344 e. The van der Waals surface area contributed by atoms with Crippen molar-refractivity contribution in [3.8, 4) is 0 Å². The summed E-state index contributed by atoms with van der Waals surface area (Å²) in [7, 11) is 0. The van der Waals surface area contributed by atoms with Gasteiger partial charge in [0, 0.05) is 17.7 Å². The molecule has 8 heteroatoms. The van der Waals surface area contributed by atoms with Crippen LogP contribution in [0.15, 0.2) is 9.32 Å². The number of hydrogen-bond acceptors (Lipinski definition) is 6. The van der Waals surface area contributed by atoms with E-state index in [-0.39, 0.29) is 17.9 Å². The van der Waals surface area contributed by atoms with Crippen LogP contribution >= 0.6 is 0 Å². The molecule has 2 aromatic heterocycles. The van der Waals surface area contributed by atoms with Crippen molar-refractivity contribution in [3.05, 3.63) is 39.2 Å². The first-order valence-corrected chi connectivity index (χ1v) is 7.09. The number of carbonyl (C=O) groups excluding carboxylic acids is 1. The molecule has 118 valence electrons. The second kappa shape index (κ2) is 6.50. The highest BCUT2D eigenvalue weighted by molar-refractivity contribution is 5.79. The van der Waals surface area contributed by atoms with Crippen molar-refractivity contribution in [2.45, 2.75) is 46.6 Å². The van der Waals surface area contributed by atoms with E-state index in [1.165, 1.54) is 0 Å². The number of rotatable bonds is 5. The first-order valence-electron chi connectivity index (χ1n) is 7.09. The van der Waals surface area contributed by atoms with E-state index in [0.29, 0.717) is 35.2 Å². The van der Waals surface area contributed by atoms with Crippen LogP contribution in [0.1, 0.15) is 48.7 Å². The number of aryl methyl sites for hydroxylation is 3. The fourth-order valence-electron chi connectivity index (χ4n) is 2.06.